The smallest absolute Gasteiger partial charge is 0.0491 e. The van der Waals surface area contributed by atoms with E-state index in [-0.39, 0.29) is 5.92 Å². The van der Waals surface area contributed by atoms with Gasteiger partial charge in [-0.3, -0.25) is 0 Å². The van der Waals surface area contributed by atoms with Gasteiger partial charge in [0.15, 0.2) is 0 Å². The minimum atomic E-state index is 0.243. The lowest BCUT2D eigenvalue weighted by molar-refractivity contribution is 0.586. The van der Waals surface area contributed by atoms with Crippen LogP contribution in [0.4, 0.5) is 0 Å². The Labute approximate surface area is 318 Å². The second-order valence-corrected chi connectivity index (χ2v) is 15.8. The SMILES string of the molecule is CC(C)CCc1ccc(C2c3ccc(CCn4c5ccccc5c5ccccc54)cc3-c3cc(CCn4c5ccccc5c5ccccc54)ccc32)cc1. The monoisotopic (exact) mass is 698 g/mol. The van der Waals surface area contributed by atoms with E-state index in [9.17, 15) is 0 Å². The van der Waals surface area contributed by atoms with Crippen molar-refractivity contribution >= 4 is 43.6 Å². The van der Waals surface area contributed by atoms with Gasteiger partial charge in [0, 0.05) is 62.6 Å². The summed E-state index contributed by atoms with van der Waals surface area (Å²) >= 11 is 0. The normalized spacial score (nSPS) is 12.8. The van der Waals surface area contributed by atoms with Crippen molar-refractivity contribution in [3.05, 3.63) is 191 Å². The Morgan fingerprint density at radius 3 is 1.22 bits per heavy atom. The van der Waals surface area contributed by atoms with Crippen LogP contribution in [0.5, 0.6) is 0 Å². The van der Waals surface area contributed by atoms with Crippen LogP contribution in [0.2, 0.25) is 0 Å². The third-order valence-corrected chi connectivity index (χ3v) is 12.1. The van der Waals surface area contributed by atoms with Gasteiger partial charge in [-0.05, 0) is 100 Å². The average Bonchev–Trinajstić information content (AvgIpc) is 3.84. The molecule has 1 aliphatic carbocycles. The van der Waals surface area contributed by atoms with Crippen molar-refractivity contribution in [3.8, 4) is 11.1 Å². The van der Waals surface area contributed by atoms with E-state index in [0.717, 1.165) is 32.4 Å². The van der Waals surface area contributed by atoms with Gasteiger partial charge < -0.3 is 9.13 Å². The molecular formula is C52H46N2. The van der Waals surface area contributed by atoms with E-state index in [1.54, 1.807) is 0 Å². The summed E-state index contributed by atoms with van der Waals surface area (Å²) in [6.07, 6.45) is 4.32. The van der Waals surface area contributed by atoms with Crippen LogP contribution in [-0.2, 0) is 32.4 Å². The van der Waals surface area contributed by atoms with Crippen molar-refractivity contribution in [3.63, 3.8) is 0 Å². The maximum absolute atomic E-state index is 2.52. The summed E-state index contributed by atoms with van der Waals surface area (Å²) in [4.78, 5) is 0. The molecule has 2 heteroatoms. The van der Waals surface area contributed by atoms with Gasteiger partial charge in [0.05, 0.1) is 0 Å². The number of nitrogens with zero attached hydrogens (tertiary/aromatic N) is 2. The Morgan fingerprint density at radius 2 is 0.815 bits per heavy atom. The van der Waals surface area contributed by atoms with Crippen LogP contribution >= 0.6 is 0 Å². The van der Waals surface area contributed by atoms with E-state index in [2.05, 4.69) is 181 Å². The molecule has 9 aromatic rings. The van der Waals surface area contributed by atoms with Crippen LogP contribution in [0.15, 0.2) is 158 Å². The molecule has 0 spiro atoms. The summed E-state index contributed by atoms with van der Waals surface area (Å²) in [6, 6.07) is 59.6. The summed E-state index contributed by atoms with van der Waals surface area (Å²) in [7, 11) is 0. The van der Waals surface area contributed by atoms with E-state index in [1.807, 2.05) is 0 Å². The molecule has 2 nitrogen and oxygen atoms in total. The molecule has 0 aliphatic heterocycles. The highest BCUT2D eigenvalue weighted by Crippen LogP contribution is 2.49. The lowest BCUT2D eigenvalue weighted by Gasteiger charge is -2.16. The van der Waals surface area contributed by atoms with Crippen LogP contribution < -0.4 is 0 Å². The Bertz CT molecular complexity index is 2540. The molecule has 0 atom stereocenters. The van der Waals surface area contributed by atoms with E-state index in [0.29, 0.717) is 5.92 Å². The third-order valence-electron chi connectivity index (χ3n) is 12.1. The van der Waals surface area contributed by atoms with Crippen molar-refractivity contribution in [1.82, 2.24) is 9.13 Å². The quantitative estimate of drug-likeness (QED) is 0.135. The van der Waals surface area contributed by atoms with Crippen LogP contribution in [0.3, 0.4) is 0 Å². The van der Waals surface area contributed by atoms with E-state index >= 15 is 0 Å². The van der Waals surface area contributed by atoms with Crippen molar-refractivity contribution in [2.45, 2.75) is 58.5 Å². The molecule has 0 unspecified atom stereocenters. The molecular weight excluding hydrogens is 653 g/mol. The van der Waals surface area contributed by atoms with Crippen molar-refractivity contribution in [2.24, 2.45) is 5.92 Å². The van der Waals surface area contributed by atoms with Crippen LogP contribution in [0, 0.1) is 5.92 Å². The first-order valence-electron chi connectivity index (χ1n) is 19.9. The number of hydrogen-bond donors (Lipinski definition) is 0. The Balaban J connectivity index is 1.01. The molecule has 264 valence electrons. The number of fused-ring (bicyclic) bond motifs is 9. The second kappa shape index (κ2) is 13.5. The molecule has 0 saturated heterocycles. The minimum Gasteiger partial charge on any atom is -0.340 e. The number of para-hydroxylation sites is 4. The highest BCUT2D eigenvalue weighted by Gasteiger charge is 2.30. The van der Waals surface area contributed by atoms with Crippen LogP contribution in [0.1, 0.15) is 59.6 Å². The van der Waals surface area contributed by atoms with Gasteiger partial charge in [-0.15, -0.1) is 0 Å². The summed E-state index contributed by atoms with van der Waals surface area (Å²) in [6.45, 7) is 6.52. The van der Waals surface area contributed by atoms with Gasteiger partial charge in [0.25, 0.3) is 0 Å². The minimum absolute atomic E-state index is 0.243. The van der Waals surface area contributed by atoms with Crippen LogP contribution in [0.25, 0.3) is 54.7 Å². The lowest BCUT2D eigenvalue weighted by Crippen LogP contribution is -2.03. The maximum atomic E-state index is 2.52. The second-order valence-electron chi connectivity index (χ2n) is 15.8. The number of aromatic nitrogens is 2. The fourth-order valence-corrected chi connectivity index (χ4v) is 9.32. The molecule has 0 radical (unpaired) electrons. The highest BCUT2D eigenvalue weighted by molar-refractivity contribution is 6.08. The molecule has 2 heterocycles. The number of hydrogen-bond acceptors (Lipinski definition) is 0. The predicted molar refractivity (Wildman–Crippen MR) is 229 cm³/mol. The molecule has 0 saturated carbocycles. The van der Waals surface area contributed by atoms with Crippen molar-refractivity contribution in [2.75, 3.05) is 0 Å². The molecule has 0 fully saturated rings. The van der Waals surface area contributed by atoms with Crippen molar-refractivity contribution in [1.29, 1.82) is 0 Å². The zero-order chi connectivity index (χ0) is 36.2. The van der Waals surface area contributed by atoms with Gasteiger partial charge >= 0.3 is 0 Å². The molecule has 0 N–H and O–H groups in total. The molecule has 7 aromatic carbocycles. The molecule has 0 bridgehead atoms. The fraction of sp³-hybridized carbons (Fsp3) is 0.192. The first-order chi connectivity index (χ1) is 26.6. The van der Waals surface area contributed by atoms with E-state index in [1.165, 1.54) is 94.5 Å². The van der Waals surface area contributed by atoms with Crippen molar-refractivity contribution < 1.29 is 0 Å². The first-order valence-corrected chi connectivity index (χ1v) is 19.9. The summed E-state index contributed by atoms with van der Waals surface area (Å²) in [5.41, 5.74) is 16.5. The lowest BCUT2D eigenvalue weighted by atomic mass is 9.88. The zero-order valence-corrected chi connectivity index (χ0v) is 31.3. The number of aryl methyl sites for hydroxylation is 5. The summed E-state index contributed by atoms with van der Waals surface area (Å²) < 4.78 is 5.03. The predicted octanol–water partition coefficient (Wildman–Crippen LogP) is 13.1. The number of benzene rings is 7. The van der Waals surface area contributed by atoms with Gasteiger partial charge in [-0.1, -0.05) is 147 Å². The fourth-order valence-electron chi connectivity index (χ4n) is 9.32. The van der Waals surface area contributed by atoms with Gasteiger partial charge in [0.1, 0.15) is 0 Å². The largest absolute Gasteiger partial charge is 0.340 e. The van der Waals surface area contributed by atoms with E-state index < -0.39 is 0 Å². The van der Waals surface area contributed by atoms with Gasteiger partial charge in [-0.2, -0.15) is 0 Å². The van der Waals surface area contributed by atoms with E-state index in [4.69, 9.17) is 0 Å². The van der Waals surface area contributed by atoms with Gasteiger partial charge in [0.2, 0.25) is 0 Å². The Kier molecular flexibility index (Phi) is 8.21. The molecule has 10 rings (SSSR count). The Morgan fingerprint density at radius 1 is 0.426 bits per heavy atom. The Hall–Kier alpha value is -5.86. The maximum Gasteiger partial charge on any atom is 0.0491 e. The standard InChI is InChI=1S/C52H46N2/c1-35(2)19-20-36-21-25-39(26-22-36)52-44-27-23-37(29-31-53-48-15-7-3-11-40(48)41-12-4-8-16-49(41)53)33-46(44)47-34-38(24-28-45(47)52)30-32-54-50-17-9-5-13-42(50)43-14-6-10-18-51(43)54/h3-18,21-28,33-35,52H,19-20,29-32H2,1-2H3. The average molecular weight is 699 g/mol. The molecule has 2 aromatic heterocycles. The number of rotatable bonds is 10. The van der Waals surface area contributed by atoms with Gasteiger partial charge in [-0.25, -0.2) is 0 Å². The third kappa shape index (κ3) is 5.64. The molecule has 1 aliphatic rings. The zero-order valence-electron chi connectivity index (χ0n) is 31.3. The molecule has 54 heavy (non-hydrogen) atoms. The summed E-state index contributed by atoms with van der Waals surface area (Å²) in [5.74, 6) is 0.957. The summed E-state index contributed by atoms with van der Waals surface area (Å²) in [5, 5.41) is 5.34. The molecule has 0 amide bonds. The topological polar surface area (TPSA) is 9.86 Å². The van der Waals surface area contributed by atoms with Crippen LogP contribution in [-0.4, -0.2) is 9.13 Å². The first kappa shape index (κ1) is 32.8. The highest BCUT2D eigenvalue weighted by atomic mass is 15.0.